The van der Waals surface area contributed by atoms with Crippen LogP contribution >= 0.6 is 0 Å². The molecule has 0 aliphatic heterocycles. The fraction of sp³-hybridized carbons (Fsp3) is 0.0909. The van der Waals surface area contributed by atoms with Gasteiger partial charge in [0.1, 0.15) is 0 Å². The van der Waals surface area contributed by atoms with Crippen molar-refractivity contribution in [3.63, 3.8) is 0 Å². The molecule has 0 atom stereocenters. The van der Waals surface area contributed by atoms with Crippen LogP contribution in [0.25, 0.3) is 11.3 Å². The number of nitrogens with zero attached hydrogens (tertiary/aromatic N) is 2. The van der Waals surface area contributed by atoms with Gasteiger partial charge in [-0.15, -0.1) is 0 Å². The second kappa shape index (κ2) is 4.06. The Kier molecular flexibility index (Phi) is 2.59. The van der Waals surface area contributed by atoms with E-state index < -0.39 is 6.09 Å². The minimum Gasteiger partial charge on any atom is -0.465 e. The number of hydrogen-bond donors (Lipinski definition) is 2. The first kappa shape index (κ1) is 10.2. The number of amides is 1. The first-order chi connectivity index (χ1) is 7.65. The molecule has 82 valence electrons. The predicted molar refractivity (Wildman–Crippen MR) is 60.3 cm³/mol. The molecule has 0 spiro atoms. The van der Waals surface area contributed by atoms with Gasteiger partial charge in [-0.3, -0.25) is 10.00 Å². The van der Waals surface area contributed by atoms with Crippen molar-refractivity contribution in [2.75, 3.05) is 5.32 Å². The van der Waals surface area contributed by atoms with Crippen LogP contribution in [0.3, 0.4) is 0 Å². The van der Waals surface area contributed by atoms with Crippen LogP contribution in [0.2, 0.25) is 0 Å². The lowest BCUT2D eigenvalue weighted by Gasteiger charge is -2.02. The lowest BCUT2D eigenvalue weighted by Crippen LogP contribution is -2.06. The number of benzene rings is 1. The summed E-state index contributed by atoms with van der Waals surface area (Å²) in [7, 11) is 1.84. The summed E-state index contributed by atoms with van der Waals surface area (Å²) in [5.41, 5.74) is 2.24. The van der Waals surface area contributed by atoms with Gasteiger partial charge in [0.2, 0.25) is 0 Å². The number of aromatic nitrogens is 2. The Labute approximate surface area is 92.3 Å². The van der Waals surface area contributed by atoms with Crippen LogP contribution in [-0.2, 0) is 7.05 Å². The lowest BCUT2D eigenvalue weighted by atomic mass is 10.1. The minimum atomic E-state index is -1.07. The molecule has 0 aliphatic carbocycles. The molecule has 0 radical (unpaired) electrons. The summed E-state index contributed by atoms with van der Waals surface area (Å²) in [5.74, 6) is 0. The van der Waals surface area contributed by atoms with E-state index in [1.54, 1.807) is 22.9 Å². The number of nitrogens with one attached hydrogen (secondary N) is 1. The van der Waals surface area contributed by atoms with Gasteiger partial charge in [0.25, 0.3) is 0 Å². The van der Waals surface area contributed by atoms with Gasteiger partial charge >= 0.3 is 6.09 Å². The zero-order chi connectivity index (χ0) is 11.5. The molecule has 1 aromatic heterocycles. The first-order valence-electron chi connectivity index (χ1n) is 4.75. The molecule has 5 nitrogen and oxygen atoms in total. The highest BCUT2D eigenvalue weighted by Gasteiger charge is 2.03. The third-order valence-corrected chi connectivity index (χ3v) is 2.12. The Morgan fingerprint density at radius 2 is 2.25 bits per heavy atom. The molecule has 0 bridgehead atoms. The molecule has 1 amide bonds. The number of hydrogen-bond acceptors (Lipinski definition) is 2. The highest BCUT2D eigenvalue weighted by atomic mass is 16.4. The van der Waals surface area contributed by atoms with Gasteiger partial charge in [0.05, 0.1) is 5.69 Å². The van der Waals surface area contributed by atoms with E-state index in [1.165, 1.54) is 0 Å². The van der Waals surface area contributed by atoms with Gasteiger partial charge in [-0.05, 0) is 18.2 Å². The molecule has 0 saturated heterocycles. The van der Waals surface area contributed by atoms with E-state index in [0.29, 0.717) is 5.69 Å². The zero-order valence-electron chi connectivity index (χ0n) is 8.71. The third kappa shape index (κ3) is 2.20. The molecule has 1 aromatic carbocycles. The van der Waals surface area contributed by atoms with Crippen molar-refractivity contribution in [1.29, 1.82) is 0 Å². The topological polar surface area (TPSA) is 67.2 Å². The third-order valence-electron chi connectivity index (χ3n) is 2.12. The van der Waals surface area contributed by atoms with E-state index in [4.69, 9.17) is 5.11 Å². The number of aryl methyl sites for hydroxylation is 1. The Hall–Kier alpha value is -2.30. The van der Waals surface area contributed by atoms with Crippen molar-refractivity contribution >= 4 is 11.8 Å². The summed E-state index contributed by atoms with van der Waals surface area (Å²) in [6, 6.07) is 8.99. The quantitative estimate of drug-likeness (QED) is 0.810. The minimum absolute atomic E-state index is 0.538. The smallest absolute Gasteiger partial charge is 0.409 e. The Bertz CT molecular complexity index is 519. The van der Waals surface area contributed by atoms with E-state index >= 15 is 0 Å². The average Bonchev–Trinajstić information content (AvgIpc) is 2.64. The molecule has 0 fully saturated rings. The molecule has 1 heterocycles. The molecule has 16 heavy (non-hydrogen) atoms. The van der Waals surface area contributed by atoms with Gasteiger partial charge < -0.3 is 5.11 Å². The SMILES string of the molecule is Cn1ccc(-c2cccc(NC(=O)O)c2)n1. The van der Waals surface area contributed by atoms with Crippen molar-refractivity contribution in [3.05, 3.63) is 36.5 Å². The monoisotopic (exact) mass is 217 g/mol. The zero-order valence-corrected chi connectivity index (χ0v) is 8.71. The molecule has 2 aromatic rings. The van der Waals surface area contributed by atoms with Crippen molar-refractivity contribution in [3.8, 4) is 11.3 Å². The van der Waals surface area contributed by atoms with E-state index in [2.05, 4.69) is 10.4 Å². The summed E-state index contributed by atoms with van der Waals surface area (Å²) in [4.78, 5) is 10.5. The van der Waals surface area contributed by atoms with Crippen molar-refractivity contribution in [2.24, 2.45) is 7.05 Å². The first-order valence-corrected chi connectivity index (χ1v) is 4.75. The fourth-order valence-corrected chi connectivity index (χ4v) is 1.45. The van der Waals surface area contributed by atoms with Crippen molar-refractivity contribution in [2.45, 2.75) is 0 Å². The van der Waals surface area contributed by atoms with Crippen LogP contribution in [-0.4, -0.2) is 21.0 Å². The largest absolute Gasteiger partial charge is 0.465 e. The van der Waals surface area contributed by atoms with E-state index in [-0.39, 0.29) is 0 Å². The van der Waals surface area contributed by atoms with Crippen LogP contribution in [0.1, 0.15) is 0 Å². The number of carboxylic acid groups (broad SMARTS) is 1. The van der Waals surface area contributed by atoms with E-state index in [9.17, 15) is 4.79 Å². The van der Waals surface area contributed by atoms with Gasteiger partial charge in [-0.1, -0.05) is 12.1 Å². The second-order valence-electron chi connectivity index (χ2n) is 3.39. The van der Waals surface area contributed by atoms with Crippen LogP contribution in [0.15, 0.2) is 36.5 Å². The van der Waals surface area contributed by atoms with Crippen LogP contribution in [0, 0.1) is 0 Å². The molecule has 0 unspecified atom stereocenters. The molecule has 0 aliphatic rings. The summed E-state index contributed by atoms with van der Waals surface area (Å²) in [5, 5.41) is 15.1. The van der Waals surface area contributed by atoms with Gasteiger partial charge in [0.15, 0.2) is 0 Å². The summed E-state index contributed by atoms with van der Waals surface area (Å²) >= 11 is 0. The lowest BCUT2D eigenvalue weighted by molar-refractivity contribution is 0.210. The number of anilines is 1. The van der Waals surface area contributed by atoms with Crippen LogP contribution < -0.4 is 5.32 Å². The Morgan fingerprint density at radius 1 is 1.44 bits per heavy atom. The van der Waals surface area contributed by atoms with Crippen LogP contribution in [0.5, 0.6) is 0 Å². The van der Waals surface area contributed by atoms with E-state index in [0.717, 1.165) is 11.3 Å². The van der Waals surface area contributed by atoms with Gasteiger partial charge in [0, 0.05) is 24.5 Å². The molecule has 5 heteroatoms. The molecule has 0 saturated carbocycles. The number of carbonyl (C=O) groups is 1. The summed E-state index contributed by atoms with van der Waals surface area (Å²) in [6.07, 6.45) is 0.769. The van der Waals surface area contributed by atoms with E-state index in [1.807, 2.05) is 25.4 Å². The van der Waals surface area contributed by atoms with Gasteiger partial charge in [-0.25, -0.2) is 4.79 Å². The second-order valence-corrected chi connectivity index (χ2v) is 3.39. The molecular weight excluding hydrogens is 206 g/mol. The van der Waals surface area contributed by atoms with Crippen molar-refractivity contribution < 1.29 is 9.90 Å². The van der Waals surface area contributed by atoms with Gasteiger partial charge in [-0.2, -0.15) is 5.10 Å². The highest BCUT2D eigenvalue weighted by Crippen LogP contribution is 2.20. The summed E-state index contributed by atoms with van der Waals surface area (Å²) < 4.78 is 1.70. The van der Waals surface area contributed by atoms with Crippen LogP contribution in [0.4, 0.5) is 10.5 Å². The number of rotatable bonds is 2. The Balaban J connectivity index is 2.32. The molecule has 2 rings (SSSR count). The molecular formula is C11H11N3O2. The predicted octanol–water partition coefficient (Wildman–Crippen LogP) is 2.18. The normalized spacial score (nSPS) is 10.1. The Morgan fingerprint density at radius 3 is 2.88 bits per heavy atom. The standard InChI is InChI=1S/C11H11N3O2/c1-14-6-5-10(13-14)8-3-2-4-9(7-8)12-11(15)16/h2-7,12H,1H3,(H,15,16). The summed E-state index contributed by atoms with van der Waals surface area (Å²) in [6.45, 7) is 0. The highest BCUT2D eigenvalue weighted by molar-refractivity contribution is 5.84. The molecule has 2 N–H and O–H groups in total. The fourth-order valence-electron chi connectivity index (χ4n) is 1.45. The maximum Gasteiger partial charge on any atom is 0.409 e. The van der Waals surface area contributed by atoms with Crippen molar-refractivity contribution in [1.82, 2.24) is 9.78 Å². The maximum atomic E-state index is 10.5. The maximum absolute atomic E-state index is 10.5. The average molecular weight is 217 g/mol.